The normalized spacial score (nSPS) is 18.4. The zero-order valence-corrected chi connectivity index (χ0v) is 11.8. The fraction of sp³-hybridized carbons (Fsp3) is 0.786. The second-order valence-corrected chi connectivity index (χ2v) is 5.75. The van der Waals surface area contributed by atoms with E-state index in [9.17, 15) is 4.79 Å². The molecule has 1 atom stereocenters. The quantitative estimate of drug-likeness (QED) is 0.888. The SMILES string of the molecule is CC(CC(=O)O)Cc1nc(C2CCCCC2)nn1C. The van der Waals surface area contributed by atoms with Gasteiger partial charge in [0.2, 0.25) is 0 Å². The van der Waals surface area contributed by atoms with E-state index in [4.69, 9.17) is 5.11 Å². The van der Waals surface area contributed by atoms with Crippen LogP contribution in [0.15, 0.2) is 0 Å². The van der Waals surface area contributed by atoms with Gasteiger partial charge in [-0.1, -0.05) is 26.2 Å². The summed E-state index contributed by atoms with van der Waals surface area (Å²) in [5, 5.41) is 13.3. The minimum Gasteiger partial charge on any atom is -0.481 e. The second-order valence-electron chi connectivity index (χ2n) is 5.75. The smallest absolute Gasteiger partial charge is 0.303 e. The lowest BCUT2D eigenvalue weighted by atomic mass is 9.89. The van der Waals surface area contributed by atoms with Gasteiger partial charge in [0, 0.05) is 25.8 Å². The van der Waals surface area contributed by atoms with Gasteiger partial charge in [0.1, 0.15) is 5.82 Å². The van der Waals surface area contributed by atoms with Crippen molar-refractivity contribution in [2.45, 2.75) is 57.8 Å². The molecule has 1 N–H and O–H groups in total. The van der Waals surface area contributed by atoms with Crippen molar-refractivity contribution in [3.8, 4) is 0 Å². The molecule has 1 aliphatic carbocycles. The molecule has 5 heteroatoms. The molecule has 1 aromatic heterocycles. The molecule has 0 saturated heterocycles. The summed E-state index contributed by atoms with van der Waals surface area (Å²) >= 11 is 0. The Morgan fingerprint density at radius 3 is 2.74 bits per heavy atom. The first kappa shape index (κ1) is 14.0. The number of aliphatic carboxylic acids is 1. The van der Waals surface area contributed by atoms with Crippen molar-refractivity contribution in [2.75, 3.05) is 0 Å². The van der Waals surface area contributed by atoms with Crippen molar-refractivity contribution in [3.05, 3.63) is 11.6 Å². The average molecular weight is 265 g/mol. The summed E-state index contributed by atoms with van der Waals surface area (Å²) in [6.45, 7) is 1.95. The zero-order valence-electron chi connectivity index (χ0n) is 11.8. The Morgan fingerprint density at radius 2 is 2.11 bits per heavy atom. The molecule has 0 bridgehead atoms. The molecule has 0 amide bonds. The van der Waals surface area contributed by atoms with E-state index in [1.807, 2.05) is 18.7 Å². The van der Waals surface area contributed by atoms with Crippen LogP contribution in [0.25, 0.3) is 0 Å². The Bertz CT molecular complexity index is 436. The largest absolute Gasteiger partial charge is 0.481 e. The van der Waals surface area contributed by atoms with Crippen molar-refractivity contribution in [1.29, 1.82) is 0 Å². The lowest BCUT2D eigenvalue weighted by Gasteiger charge is -2.18. The van der Waals surface area contributed by atoms with Crippen LogP contribution in [0.4, 0.5) is 0 Å². The van der Waals surface area contributed by atoms with E-state index >= 15 is 0 Å². The van der Waals surface area contributed by atoms with E-state index in [-0.39, 0.29) is 12.3 Å². The van der Waals surface area contributed by atoms with Gasteiger partial charge in [-0.2, -0.15) is 5.10 Å². The highest BCUT2D eigenvalue weighted by Crippen LogP contribution is 2.30. The maximum absolute atomic E-state index is 10.7. The van der Waals surface area contributed by atoms with Gasteiger partial charge < -0.3 is 5.11 Å². The van der Waals surface area contributed by atoms with E-state index < -0.39 is 5.97 Å². The minimum atomic E-state index is -0.748. The molecule has 106 valence electrons. The Balaban J connectivity index is 2.01. The highest BCUT2D eigenvalue weighted by Gasteiger charge is 2.21. The van der Waals surface area contributed by atoms with Crippen molar-refractivity contribution in [2.24, 2.45) is 13.0 Å². The minimum absolute atomic E-state index is 0.0969. The third kappa shape index (κ3) is 3.78. The fourth-order valence-corrected chi connectivity index (χ4v) is 2.83. The lowest BCUT2D eigenvalue weighted by Crippen LogP contribution is -2.10. The van der Waals surface area contributed by atoms with Crippen LogP contribution in [0.3, 0.4) is 0 Å². The summed E-state index contributed by atoms with van der Waals surface area (Å²) in [4.78, 5) is 15.3. The number of carbonyl (C=O) groups is 1. The molecule has 0 aliphatic heterocycles. The molecule has 0 radical (unpaired) electrons. The van der Waals surface area contributed by atoms with E-state index in [2.05, 4.69) is 10.1 Å². The van der Waals surface area contributed by atoms with Crippen molar-refractivity contribution < 1.29 is 9.90 Å². The molecular weight excluding hydrogens is 242 g/mol. The number of hydrogen-bond acceptors (Lipinski definition) is 3. The predicted octanol–water partition coefficient (Wildman–Crippen LogP) is 2.52. The number of aromatic nitrogens is 3. The molecule has 2 rings (SSSR count). The second kappa shape index (κ2) is 6.17. The van der Waals surface area contributed by atoms with E-state index in [0.29, 0.717) is 12.3 Å². The first-order chi connectivity index (χ1) is 9.06. The van der Waals surface area contributed by atoms with E-state index in [0.717, 1.165) is 11.6 Å². The number of carboxylic acids is 1. The molecule has 1 saturated carbocycles. The number of nitrogens with zero attached hydrogens (tertiary/aromatic N) is 3. The molecule has 1 unspecified atom stereocenters. The van der Waals surface area contributed by atoms with Gasteiger partial charge in [0.25, 0.3) is 0 Å². The van der Waals surface area contributed by atoms with Crippen LogP contribution in [0, 0.1) is 5.92 Å². The summed E-state index contributed by atoms with van der Waals surface area (Å²) in [7, 11) is 1.90. The first-order valence-corrected chi connectivity index (χ1v) is 7.18. The first-order valence-electron chi connectivity index (χ1n) is 7.18. The predicted molar refractivity (Wildman–Crippen MR) is 71.9 cm³/mol. The standard InChI is InChI=1S/C14H23N3O2/c1-10(9-13(18)19)8-12-15-14(16-17(12)2)11-6-4-3-5-7-11/h10-11H,3-9H2,1-2H3,(H,18,19). The van der Waals surface area contributed by atoms with Crippen LogP contribution in [-0.4, -0.2) is 25.8 Å². The Morgan fingerprint density at radius 1 is 1.42 bits per heavy atom. The number of hydrogen-bond donors (Lipinski definition) is 1. The Hall–Kier alpha value is -1.39. The van der Waals surface area contributed by atoms with Gasteiger partial charge in [0.15, 0.2) is 5.82 Å². The number of rotatable bonds is 5. The van der Waals surface area contributed by atoms with E-state index in [1.54, 1.807) is 0 Å². The van der Waals surface area contributed by atoms with Crippen LogP contribution in [0.5, 0.6) is 0 Å². The highest BCUT2D eigenvalue weighted by atomic mass is 16.4. The molecule has 1 heterocycles. The van der Waals surface area contributed by atoms with Crippen molar-refractivity contribution >= 4 is 5.97 Å². The van der Waals surface area contributed by atoms with Gasteiger partial charge in [-0.3, -0.25) is 9.48 Å². The maximum atomic E-state index is 10.7. The van der Waals surface area contributed by atoms with Crippen molar-refractivity contribution in [1.82, 2.24) is 14.8 Å². The molecular formula is C14H23N3O2. The monoisotopic (exact) mass is 265 g/mol. The lowest BCUT2D eigenvalue weighted by molar-refractivity contribution is -0.137. The van der Waals surface area contributed by atoms with Crippen LogP contribution < -0.4 is 0 Å². The summed E-state index contributed by atoms with van der Waals surface area (Å²) in [6, 6.07) is 0. The van der Waals surface area contributed by atoms with Gasteiger partial charge in [0.05, 0.1) is 0 Å². The number of carboxylic acid groups (broad SMARTS) is 1. The van der Waals surface area contributed by atoms with E-state index in [1.165, 1.54) is 32.1 Å². The summed E-state index contributed by atoms with van der Waals surface area (Å²) < 4.78 is 1.82. The average Bonchev–Trinajstić information content (AvgIpc) is 2.71. The van der Waals surface area contributed by atoms with Crippen LogP contribution >= 0.6 is 0 Å². The highest BCUT2D eigenvalue weighted by molar-refractivity contribution is 5.66. The van der Waals surface area contributed by atoms with Crippen LogP contribution in [-0.2, 0) is 18.3 Å². The van der Waals surface area contributed by atoms with Crippen LogP contribution in [0.2, 0.25) is 0 Å². The third-order valence-corrected chi connectivity index (χ3v) is 3.89. The topological polar surface area (TPSA) is 68.0 Å². The van der Waals surface area contributed by atoms with Crippen molar-refractivity contribution in [3.63, 3.8) is 0 Å². The molecule has 1 aliphatic rings. The Kier molecular flexibility index (Phi) is 4.56. The van der Waals surface area contributed by atoms with Crippen LogP contribution in [0.1, 0.15) is 63.0 Å². The third-order valence-electron chi connectivity index (χ3n) is 3.89. The maximum Gasteiger partial charge on any atom is 0.303 e. The molecule has 5 nitrogen and oxygen atoms in total. The Labute approximate surface area is 114 Å². The van der Waals surface area contributed by atoms with Gasteiger partial charge in [-0.15, -0.1) is 0 Å². The zero-order chi connectivity index (χ0) is 13.8. The molecule has 1 aromatic rings. The molecule has 0 aromatic carbocycles. The summed E-state index contributed by atoms with van der Waals surface area (Å²) in [5.41, 5.74) is 0. The van der Waals surface area contributed by atoms with Gasteiger partial charge in [-0.05, 0) is 18.8 Å². The molecule has 1 fully saturated rings. The number of aryl methyl sites for hydroxylation is 1. The fourth-order valence-electron chi connectivity index (χ4n) is 2.83. The molecule has 19 heavy (non-hydrogen) atoms. The van der Waals surface area contributed by atoms with Gasteiger partial charge in [-0.25, -0.2) is 4.98 Å². The summed E-state index contributed by atoms with van der Waals surface area (Å²) in [5.74, 6) is 1.72. The molecule has 0 spiro atoms. The van der Waals surface area contributed by atoms with Gasteiger partial charge >= 0.3 is 5.97 Å². The summed E-state index contributed by atoms with van der Waals surface area (Å²) in [6.07, 6.45) is 7.11.